The van der Waals surface area contributed by atoms with E-state index < -0.39 is 5.41 Å². The average molecular weight is 372 g/mol. The molecule has 0 atom stereocenters. The molecule has 1 aliphatic rings. The van der Waals surface area contributed by atoms with E-state index in [0.29, 0.717) is 11.2 Å². The lowest BCUT2D eigenvalue weighted by molar-refractivity contribution is -0.118. The fourth-order valence-corrected chi connectivity index (χ4v) is 3.17. The van der Waals surface area contributed by atoms with Crippen molar-refractivity contribution < 1.29 is 4.79 Å². The maximum absolute atomic E-state index is 12.7. The lowest BCUT2D eigenvalue weighted by Crippen LogP contribution is -2.27. The summed E-state index contributed by atoms with van der Waals surface area (Å²) in [6, 6.07) is 13.2. The van der Waals surface area contributed by atoms with E-state index in [2.05, 4.69) is 31.2 Å². The molecule has 0 saturated heterocycles. The Balaban J connectivity index is 1.61. The molecule has 1 saturated carbocycles. The first-order valence-corrected chi connectivity index (χ1v) is 8.16. The maximum atomic E-state index is 12.7. The molecule has 1 heterocycles. The molecule has 5 nitrogen and oxygen atoms in total. The quantitative estimate of drug-likeness (QED) is 0.660. The van der Waals surface area contributed by atoms with Crippen molar-refractivity contribution in [1.82, 2.24) is 9.97 Å². The Kier molecular flexibility index (Phi) is 3.16. The summed E-state index contributed by atoms with van der Waals surface area (Å²) in [5.41, 5.74) is 2.44. The van der Waals surface area contributed by atoms with Crippen LogP contribution in [0.5, 0.6) is 0 Å². The van der Waals surface area contributed by atoms with Gasteiger partial charge in [0.15, 0.2) is 0 Å². The van der Waals surface area contributed by atoms with Crippen molar-refractivity contribution in [3.05, 3.63) is 63.0 Å². The van der Waals surface area contributed by atoms with Crippen molar-refractivity contribution in [3.63, 3.8) is 0 Å². The van der Waals surface area contributed by atoms with Gasteiger partial charge in [0.25, 0.3) is 0 Å². The molecule has 0 bridgehead atoms. The average Bonchev–Trinajstić information content (AvgIpc) is 3.25. The number of imidazole rings is 1. The smallest absolute Gasteiger partial charge is 0.323 e. The SMILES string of the molecule is O=C(Nc1ccc2[nH]c(=O)[nH]c2c1)C1(c2ccc(Br)cc2)CC1. The van der Waals surface area contributed by atoms with Crippen LogP contribution in [0.1, 0.15) is 18.4 Å². The molecule has 1 aliphatic carbocycles. The van der Waals surface area contributed by atoms with Crippen LogP contribution in [-0.4, -0.2) is 15.9 Å². The largest absolute Gasteiger partial charge is 0.325 e. The van der Waals surface area contributed by atoms with Gasteiger partial charge in [0, 0.05) is 10.2 Å². The van der Waals surface area contributed by atoms with Gasteiger partial charge in [0.05, 0.1) is 16.4 Å². The Labute approximate surface area is 140 Å². The van der Waals surface area contributed by atoms with E-state index >= 15 is 0 Å². The van der Waals surface area contributed by atoms with Crippen LogP contribution < -0.4 is 11.0 Å². The summed E-state index contributed by atoms with van der Waals surface area (Å²) in [4.78, 5) is 29.4. The van der Waals surface area contributed by atoms with Crippen LogP contribution in [0.15, 0.2) is 51.7 Å². The number of H-pyrrole nitrogens is 2. The number of rotatable bonds is 3. The zero-order valence-corrected chi connectivity index (χ0v) is 13.7. The number of carbonyl (C=O) groups excluding carboxylic acids is 1. The molecule has 3 N–H and O–H groups in total. The fourth-order valence-electron chi connectivity index (χ4n) is 2.90. The van der Waals surface area contributed by atoms with Crippen molar-refractivity contribution >= 4 is 38.6 Å². The number of benzene rings is 2. The highest BCUT2D eigenvalue weighted by atomic mass is 79.9. The predicted octanol–water partition coefficient (Wildman–Crippen LogP) is 3.29. The summed E-state index contributed by atoms with van der Waals surface area (Å²) in [5.74, 6) is -0.00273. The monoisotopic (exact) mass is 371 g/mol. The summed E-state index contributed by atoms with van der Waals surface area (Å²) in [6.07, 6.45) is 1.70. The highest BCUT2D eigenvalue weighted by Crippen LogP contribution is 2.49. The molecule has 2 aromatic carbocycles. The van der Waals surface area contributed by atoms with Crippen LogP contribution in [-0.2, 0) is 10.2 Å². The molecule has 3 aromatic rings. The number of hydrogen-bond donors (Lipinski definition) is 3. The zero-order valence-electron chi connectivity index (χ0n) is 12.2. The molecule has 6 heteroatoms. The molecule has 116 valence electrons. The molecule has 1 amide bonds. The van der Waals surface area contributed by atoms with Gasteiger partial charge in [-0.15, -0.1) is 0 Å². The van der Waals surface area contributed by atoms with Crippen LogP contribution in [0.2, 0.25) is 0 Å². The van der Waals surface area contributed by atoms with Crippen molar-refractivity contribution in [2.24, 2.45) is 0 Å². The Morgan fingerprint density at radius 3 is 2.43 bits per heavy atom. The second kappa shape index (κ2) is 5.09. The number of halogens is 1. The topological polar surface area (TPSA) is 77.8 Å². The number of fused-ring (bicyclic) bond motifs is 1. The zero-order chi connectivity index (χ0) is 16.0. The Morgan fingerprint density at radius 2 is 1.74 bits per heavy atom. The number of anilines is 1. The number of aromatic nitrogens is 2. The maximum Gasteiger partial charge on any atom is 0.323 e. The van der Waals surface area contributed by atoms with E-state index in [-0.39, 0.29) is 11.6 Å². The first kappa shape index (κ1) is 14.3. The normalized spacial score (nSPS) is 15.5. The van der Waals surface area contributed by atoms with Gasteiger partial charge in [-0.3, -0.25) is 4.79 Å². The lowest BCUT2D eigenvalue weighted by atomic mass is 9.95. The molecule has 0 aliphatic heterocycles. The van der Waals surface area contributed by atoms with Crippen LogP contribution >= 0.6 is 15.9 Å². The molecular formula is C17H14BrN3O2. The second-order valence-electron chi connectivity index (χ2n) is 5.88. The standard InChI is InChI=1S/C17H14BrN3O2/c18-11-3-1-10(2-4-11)17(7-8-17)15(22)19-12-5-6-13-14(9-12)21-16(23)20-13/h1-6,9H,7-8H2,(H,19,22)(H2,20,21,23). The van der Waals surface area contributed by atoms with E-state index in [9.17, 15) is 9.59 Å². The number of carbonyl (C=O) groups is 1. The van der Waals surface area contributed by atoms with Crippen molar-refractivity contribution in [3.8, 4) is 0 Å². The van der Waals surface area contributed by atoms with E-state index in [1.807, 2.05) is 24.3 Å². The highest BCUT2D eigenvalue weighted by molar-refractivity contribution is 9.10. The van der Waals surface area contributed by atoms with Crippen LogP contribution in [0.3, 0.4) is 0 Å². The summed E-state index contributed by atoms with van der Waals surface area (Å²) in [5, 5.41) is 2.97. The van der Waals surface area contributed by atoms with Gasteiger partial charge in [-0.25, -0.2) is 4.79 Å². The van der Waals surface area contributed by atoms with Gasteiger partial charge in [-0.2, -0.15) is 0 Å². The number of aromatic amines is 2. The van der Waals surface area contributed by atoms with Crippen LogP contribution in [0.25, 0.3) is 11.0 Å². The van der Waals surface area contributed by atoms with Crippen molar-refractivity contribution in [2.45, 2.75) is 18.3 Å². The van der Waals surface area contributed by atoms with Gasteiger partial charge in [-0.05, 0) is 48.7 Å². The molecule has 1 aromatic heterocycles. The van der Waals surface area contributed by atoms with Gasteiger partial charge >= 0.3 is 5.69 Å². The molecule has 0 radical (unpaired) electrons. The number of hydrogen-bond acceptors (Lipinski definition) is 2. The predicted molar refractivity (Wildman–Crippen MR) is 92.6 cm³/mol. The third-order valence-electron chi connectivity index (χ3n) is 4.36. The summed E-state index contributed by atoms with van der Waals surface area (Å²) >= 11 is 3.42. The Hall–Kier alpha value is -2.34. The second-order valence-corrected chi connectivity index (χ2v) is 6.80. The third kappa shape index (κ3) is 2.49. The molecule has 0 spiro atoms. The number of amides is 1. The van der Waals surface area contributed by atoms with E-state index in [4.69, 9.17) is 0 Å². The van der Waals surface area contributed by atoms with Crippen LogP contribution in [0.4, 0.5) is 5.69 Å². The van der Waals surface area contributed by atoms with Crippen molar-refractivity contribution in [2.75, 3.05) is 5.32 Å². The molecular weight excluding hydrogens is 358 g/mol. The van der Waals surface area contributed by atoms with Gasteiger partial charge in [0.2, 0.25) is 5.91 Å². The van der Waals surface area contributed by atoms with Gasteiger partial charge < -0.3 is 15.3 Å². The minimum atomic E-state index is -0.429. The summed E-state index contributed by atoms with van der Waals surface area (Å²) in [7, 11) is 0. The number of nitrogens with one attached hydrogen (secondary N) is 3. The minimum absolute atomic E-state index is 0.00273. The van der Waals surface area contributed by atoms with Crippen LogP contribution in [0, 0.1) is 0 Å². The third-order valence-corrected chi connectivity index (χ3v) is 4.88. The minimum Gasteiger partial charge on any atom is -0.325 e. The Morgan fingerprint density at radius 1 is 1.04 bits per heavy atom. The van der Waals surface area contributed by atoms with Gasteiger partial charge in [0.1, 0.15) is 0 Å². The fraction of sp³-hybridized carbons (Fsp3) is 0.176. The first-order valence-electron chi connectivity index (χ1n) is 7.36. The Bertz CT molecular complexity index is 952. The lowest BCUT2D eigenvalue weighted by Gasteiger charge is -2.16. The summed E-state index contributed by atoms with van der Waals surface area (Å²) < 4.78 is 0.999. The first-order chi connectivity index (χ1) is 11.1. The van der Waals surface area contributed by atoms with E-state index in [1.54, 1.807) is 18.2 Å². The molecule has 23 heavy (non-hydrogen) atoms. The molecule has 0 unspecified atom stereocenters. The van der Waals surface area contributed by atoms with E-state index in [1.165, 1.54) is 0 Å². The highest BCUT2D eigenvalue weighted by Gasteiger charge is 2.51. The molecule has 4 rings (SSSR count). The van der Waals surface area contributed by atoms with Gasteiger partial charge in [-0.1, -0.05) is 28.1 Å². The van der Waals surface area contributed by atoms with Crippen molar-refractivity contribution in [1.29, 1.82) is 0 Å². The molecule has 1 fully saturated rings. The van der Waals surface area contributed by atoms with E-state index in [0.717, 1.165) is 28.4 Å². The summed E-state index contributed by atoms with van der Waals surface area (Å²) in [6.45, 7) is 0.